The van der Waals surface area contributed by atoms with E-state index in [0.717, 1.165) is 31.0 Å². The number of fused-ring (bicyclic) bond motifs is 1. The van der Waals surface area contributed by atoms with Crippen molar-refractivity contribution in [2.45, 2.75) is 49.5 Å². The molecular weight excluding hydrogens is 410 g/mol. The second kappa shape index (κ2) is 8.86. The number of thioether (sulfide) groups is 1. The van der Waals surface area contributed by atoms with Gasteiger partial charge in [0.1, 0.15) is 0 Å². The van der Waals surface area contributed by atoms with Gasteiger partial charge in [-0.05, 0) is 12.8 Å². The predicted octanol–water partition coefficient (Wildman–Crippen LogP) is -0.667. The first-order valence-electron chi connectivity index (χ1n) is 9.90. The first-order chi connectivity index (χ1) is 14.5. The van der Waals surface area contributed by atoms with Crippen LogP contribution in [0, 0.1) is 5.92 Å². The van der Waals surface area contributed by atoms with Gasteiger partial charge in [-0.15, -0.1) is 5.10 Å². The van der Waals surface area contributed by atoms with E-state index in [2.05, 4.69) is 25.5 Å². The predicted molar refractivity (Wildman–Crippen MR) is 108 cm³/mol. The highest BCUT2D eigenvalue weighted by Gasteiger charge is 2.55. The summed E-state index contributed by atoms with van der Waals surface area (Å²) in [4.78, 5) is 56.3. The Bertz CT molecular complexity index is 1030. The van der Waals surface area contributed by atoms with E-state index in [1.165, 1.54) is 23.2 Å². The molecule has 2 aromatic heterocycles. The zero-order chi connectivity index (χ0) is 21.1. The van der Waals surface area contributed by atoms with E-state index in [-0.39, 0.29) is 54.1 Å². The van der Waals surface area contributed by atoms with Gasteiger partial charge in [0.2, 0.25) is 11.8 Å². The molecule has 0 spiro atoms. The molecule has 3 heterocycles. The van der Waals surface area contributed by atoms with Gasteiger partial charge in [-0.1, -0.05) is 18.2 Å². The smallest absolute Gasteiger partial charge is 0.341 e. The fourth-order valence-corrected chi connectivity index (χ4v) is 4.64. The molecule has 1 saturated carbocycles. The summed E-state index contributed by atoms with van der Waals surface area (Å²) in [5.74, 6) is 0.227. The molecule has 160 valence electrons. The van der Waals surface area contributed by atoms with Crippen LogP contribution < -0.4 is 16.6 Å². The van der Waals surface area contributed by atoms with Crippen molar-refractivity contribution in [2.75, 3.05) is 12.3 Å². The summed E-state index contributed by atoms with van der Waals surface area (Å²) in [6.07, 6.45) is 6.02. The molecule has 12 heteroatoms. The maximum absolute atomic E-state index is 12.8. The lowest BCUT2D eigenvalue weighted by Crippen LogP contribution is -2.40. The number of nitrogens with one attached hydrogen (secondary N) is 3. The van der Waals surface area contributed by atoms with E-state index in [1.807, 2.05) is 4.90 Å². The number of carbonyl (C=O) groups excluding carboxylic acids is 2. The molecule has 11 nitrogen and oxygen atoms in total. The lowest BCUT2D eigenvalue weighted by Gasteiger charge is -2.23. The van der Waals surface area contributed by atoms with Gasteiger partial charge in [0.25, 0.3) is 5.56 Å². The Hall–Kier alpha value is -2.89. The summed E-state index contributed by atoms with van der Waals surface area (Å²) in [7, 11) is 0. The van der Waals surface area contributed by atoms with Gasteiger partial charge in [0, 0.05) is 37.7 Å². The SMILES string of the molecule is O=C(CSc1n[nH]c(=O)[nH]1)NC1C2CCCCN(C(=O)CCn3cnccc3=O)C21. The topological polar surface area (TPSA) is 146 Å². The summed E-state index contributed by atoms with van der Waals surface area (Å²) in [5, 5.41) is 9.40. The highest BCUT2D eigenvalue weighted by molar-refractivity contribution is 7.99. The van der Waals surface area contributed by atoms with Crippen LogP contribution in [0.4, 0.5) is 0 Å². The van der Waals surface area contributed by atoms with Crippen molar-refractivity contribution >= 4 is 23.6 Å². The normalized spacial score (nSPS) is 22.8. The quantitative estimate of drug-likeness (QED) is 0.491. The summed E-state index contributed by atoms with van der Waals surface area (Å²) in [5.41, 5.74) is -0.594. The van der Waals surface area contributed by atoms with E-state index < -0.39 is 5.69 Å². The second-order valence-corrected chi connectivity index (χ2v) is 8.43. The molecule has 0 bridgehead atoms. The molecule has 3 atom stereocenters. The highest BCUT2D eigenvalue weighted by Crippen LogP contribution is 2.43. The second-order valence-electron chi connectivity index (χ2n) is 7.46. The molecule has 0 radical (unpaired) electrons. The van der Waals surface area contributed by atoms with E-state index in [1.54, 1.807) is 0 Å². The van der Waals surface area contributed by atoms with Crippen molar-refractivity contribution in [3.63, 3.8) is 0 Å². The number of likely N-dealkylation sites (tertiary alicyclic amines) is 1. The Morgan fingerprint density at radius 1 is 1.30 bits per heavy atom. The summed E-state index contributed by atoms with van der Waals surface area (Å²) >= 11 is 1.14. The number of hydrogen-bond acceptors (Lipinski definition) is 7. The molecule has 3 unspecified atom stereocenters. The number of carbonyl (C=O) groups is 2. The molecule has 3 N–H and O–H groups in total. The molecule has 4 rings (SSSR count). The Labute approximate surface area is 175 Å². The van der Waals surface area contributed by atoms with Gasteiger partial charge in [-0.25, -0.2) is 14.9 Å². The molecular formula is C18H23N7O4S. The third-order valence-electron chi connectivity index (χ3n) is 5.50. The number of amides is 2. The lowest BCUT2D eigenvalue weighted by molar-refractivity contribution is -0.132. The zero-order valence-corrected chi connectivity index (χ0v) is 17.1. The molecule has 0 aromatic carbocycles. The van der Waals surface area contributed by atoms with Crippen LogP contribution >= 0.6 is 11.8 Å². The van der Waals surface area contributed by atoms with Crippen molar-refractivity contribution in [2.24, 2.45) is 5.92 Å². The molecule has 1 aliphatic carbocycles. The number of aromatic nitrogens is 5. The standard InChI is InChI=1S/C18H23N7O4S/c26-12(9-30-18-21-17(29)22-23-18)20-15-11-3-1-2-7-25(16(11)15)14(28)5-8-24-10-19-6-4-13(24)27/h4,6,10-11,15-16H,1-3,5,7-9H2,(H,20,26)(H2,21,22,23,29). The third-order valence-corrected chi connectivity index (χ3v) is 6.37. The summed E-state index contributed by atoms with van der Waals surface area (Å²) in [6.45, 7) is 0.951. The minimum Gasteiger partial charge on any atom is -0.350 e. The maximum Gasteiger partial charge on any atom is 0.341 e. The number of H-pyrrole nitrogens is 2. The molecule has 2 aliphatic rings. The minimum absolute atomic E-state index is 0.00441. The van der Waals surface area contributed by atoms with Crippen LogP contribution in [-0.4, -0.2) is 65.8 Å². The first-order valence-corrected chi connectivity index (χ1v) is 10.9. The van der Waals surface area contributed by atoms with E-state index >= 15 is 0 Å². The molecule has 1 aliphatic heterocycles. The van der Waals surface area contributed by atoms with Gasteiger partial charge in [0.15, 0.2) is 5.16 Å². The fourth-order valence-electron chi connectivity index (χ4n) is 4.02. The van der Waals surface area contributed by atoms with Gasteiger partial charge in [-0.3, -0.25) is 23.9 Å². The van der Waals surface area contributed by atoms with Gasteiger partial charge >= 0.3 is 5.69 Å². The monoisotopic (exact) mass is 433 g/mol. The Balaban J connectivity index is 1.31. The van der Waals surface area contributed by atoms with Gasteiger partial charge < -0.3 is 10.2 Å². The van der Waals surface area contributed by atoms with Gasteiger partial charge in [-0.2, -0.15) is 0 Å². The van der Waals surface area contributed by atoms with Gasteiger partial charge in [0.05, 0.1) is 24.2 Å². The maximum atomic E-state index is 12.8. The van der Waals surface area contributed by atoms with Crippen LogP contribution in [0.25, 0.3) is 0 Å². The average Bonchev–Trinajstić information content (AvgIpc) is 3.30. The molecule has 1 saturated heterocycles. The summed E-state index contributed by atoms with van der Waals surface area (Å²) in [6, 6.07) is 1.32. The largest absolute Gasteiger partial charge is 0.350 e. The van der Waals surface area contributed by atoms with Crippen LogP contribution in [0.1, 0.15) is 25.7 Å². The fraction of sp³-hybridized carbons (Fsp3) is 0.556. The number of aryl methyl sites for hydroxylation is 1. The van der Waals surface area contributed by atoms with Crippen molar-refractivity contribution < 1.29 is 9.59 Å². The van der Waals surface area contributed by atoms with Crippen LogP contribution in [0.3, 0.4) is 0 Å². The Morgan fingerprint density at radius 3 is 2.93 bits per heavy atom. The summed E-state index contributed by atoms with van der Waals surface area (Å²) < 4.78 is 1.43. The molecule has 2 fully saturated rings. The number of nitrogens with zero attached hydrogens (tertiary/aromatic N) is 4. The number of aromatic amines is 2. The lowest BCUT2D eigenvalue weighted by atomic mass is 10.2. The van der Waals surface area contributed by atoms with Crippen LogP contribution in [0.15, 0.2) is 33.3 Å². The first kappa shape index (κ1) is 20.4. The number of hydrogen-bond donors (Lipinski definition) is 3. The minimum atomic E-state index is -0.412. The van der Waals surface area contributed by atoms with Crippen molar-refractivity contribution in [1.29, 1.82) is 0 Å². The zero-order valence-electron chi connectivity index (χ0n) is 16.2. The average molecular weight is 433 g/mol. The third kappa shape index (κ3) is 4.64. The van der Waals surface area contributed by atoms with Crippen LogP contribution in [0.5, 0.6) is 0 Å². The Kier molecular flexibility index (Phi) is 6.02. The highest BCUT2D eigenvalue weighted by atomic mass is 32.2. The van der Waals surface area contributed by atoms with Crippen LogP contribution in [-0.2, 0) is 16.1 Å². The van der Waals surface area contributed by atoms with E-state index in [0.29, 0.717) is 11.7 Å². The number of rotatable bonds is 7. The molecule has 2 amide bonds. The van der Waals surface area contributed by atoms with Crippen molar-refractivity contribution in [3.05, 3.63) is 39.4 Å². The molecule has 2 aromatic rings. The van der Waals surface area contributed by atoms with E-state index in [9.17, 15) is 19.2 Å². The Morgan fingerprint density at radius 2 is 2.17 bits per heavy atom. The van der Waals surface area contributed by atoms with Crippen LogP contribution in [0.2, 0.25) is 0 Å². The molecule has 30 heavy (non-hydrogen) atoms. The van der Waals surface area contributed by atoms with Crippen molar-refractivity contribution in [3.8, 4) is 0 Å². The van der Waals surface area contributed by atoms with Crippen molar-refractivity contribution in [1.82, 2.24) is 34.9 Å². The van der Waals surface area contributed by atoms with E-state index in [4.69, 9.17) is 0 Å².